The van der Waals surface area contributed by atoms with Crippen LogP contribution in [0, 0.1) is 5.92 Å². The molecule has 0 aromatic heterocycles. The highest BCUT2D eigenvalue weighted by Gasteiger charge is 2.38. The summed E-state index contributed by atoms with van der Waals surface area (Å²) in [5.41, 5.74) is 0. The van der Waals surface area contributed by atoms with Crippen LogP contribution < -0.4 is 0 Å². The summed E-state index contributed by atoms with van der Waals surface area (Å²) in [6.07, 6.45) is 17.1. The van der Waals surface area contributed by atoms with E-state index in [1.165, 1.54) is 52.1 Å². The van der Waals surface area contributed by atoms with E-state index in [1.807, 2.05) is 0 Å². The third-order valence-corrected chi connectivity index (χ3v) is 7.36. The molecule has 0 fully saturated rings. The first-order valence-electron chi connectivity index (χ1n) is 12.9. The van der Waals surface area contributed by atoms with E-state index in [-0.39, 0.29) is 12.8 Å². The first kappa shape index (κ1) is 31.0. The van der Waals surface area contributed by atoms with Crippen molar-refractivity contribution in [2.75, 3.05) is 7.11 Å². The molecule has 6 nitrogen and oxygen atoms in total. The zero-order chi connectivity index (χ0) is 24.2. The molecule has 0 aromatic rings. The molecule has 0 radical (unpaired) electrons. The van der Waals surface area contributed by atoms with Crippen LogP contribution in [0.4, 0.5) is 0 Å². The zero-order valence-corrected chi connectivity index (χ0v) is 21.6. The van der Waals surface area contributed by atoms with Crippen LogP contribution in [0.15, 0.2) is 0 Å². The number of esters is 1. The molecular weight excluding hydrogens is 428 g/mol. The normalized spacial score (nSPS) is 13.6. The van der Waals surface area contributed by atoms with Crippen molar-refractivity contribution >= 4 is 21.9 Å². The molecule has 1 N–H and O–H groups in total. The Bertz CT molecular complexity index is 587. The van der Waals surface area contributed by atoms with E-state index in [1.54, 1.807) is 0 Å². The Morgan fingerprint density at radius 2 is 1.06 bits per heavy atom. The number of methoxy groups -OCH3 is 1. The van der Waals surface area contributed by atoms with Gasteiger partial charge in [-0.05, 0) is 12.8 Å². The number of hydrogen-bond donors (Lipinski definition) is 1. The second-order valence-electron chi connectivity index (χ2n) is 9.01. The highest BCUT2D eigenvalue weighted by atomic mass is 32.2. The molecule has 2 atom stereocenters. The quantitative estimate of drug-likeness (QED) is 0.0811. The third-order valence-electron chi connectivity index (χ3n) is 6.17. The van der Waals surface area contributed by atoms with Crippen LogP contribution in [-0.4, -0.2) is 37.1 Å². The van der Waals surface area contributed by atoms with E-state index in [9.17, 15) is 22.6 Å². The number of carbonyl (C=O) groups is 2. The molecule has 0 saturated heterocycles. The molecule has 32 heavy (non-hydrogen) atoms. The largest absolute Gasteiger partial charge is 0.468 e. The minimum Gasteiger partial charge on any atom is -0.468 e. The number of Topliss-reactive ketones (excluding diaryl/α,β-unsaturated/α-hetero) is 1. The molecule has 0 aliphatic rings. The molecule has 0 aliphatic carbocycles. The average Bonchev–Trinajstić information content (AvgIpc) is 2.75. The topological polar surface area (TPSA) is 97.7 Å². The summed E-state index contributed by atoms with van der Waals surface area (Å²) in [5.74, 6) is -2.55. The second-order valence-corrected chi connectivity index (χ2v) is 10.6. The molecule has 0 rings (SSSR count). The maximum absolute atomic E-state index is 12.9. The minimum atomic E-state index is -4.56. The molecule has 190 valence electrons. The summed E-state index contributed by atoms with van der Waals surface area (Å²) in [4.78, 5) is 25.1. The number of rotatable bonds is 22. The van der Waals surface area contributed by atoms with Gasteiger partial charge in [0.15, 0.2) is 5.78 Å². The lowest BCUT2D eigenvalue weighted by Crippen LogP contribution is -2.38. The van der Waals surface area contributed by atoms with Crippen LogP contribution in [0.1, 0.15) is 129 Å². The molecule has 2 unspecified atom stereocenters. The van der Waals surface area contributed by atoms with Gasteiger partial charge in [-0.3, -0.25) is 14.1 Å². The predicted octanol–water partition coefficient (Wildman–Crippen LogP) is 6.66. The summed E-state index contributed by atoms with van der Waals surface area (Å²) in [6, 6.07) is 0. The number of ketones is 1. The van der Waals surface area contributed by atoms with Gasteiger partial charge >= 0.3 is 5.97 Å². The molecule has 0 saturated carbocycles. The van der Waals surface area contributed by atoms with Gasteiger partial charge in [-0.25, -0.2) is 0 Å². The monoisotopic (exact) mass is 476 g/mol. The SMILES string of the molecule is CCCCCCCCCCC(C(=O)OC)C(=O)C(CCCCCCCCCC)S(=O)(=O)O. The highest BCUT2D eigenvalue weighted by Crippen LogP contribution is 2.22. The van der Waals surface area contributed by atoms with Crippen molar-refractivity contribution in [1.82, 2.24) is 0 Å². The van der Waals surface area contributed by atoms with Gasteiger partial charge in [0.2, 0.25) is 0 Å². The van der Waals surface area contributed by atoms with E-state index in [0.717, 1.165) is 44.9 Å². The van der Waals surface area contributed by atoms with Crippen LogP contribution in [0.3, 0.4) is 0 Å². The number of ether oxygens (including phenoxy) is 1. The Morgan fingerprint density at radius 1 is 0.688 bits per heavy atom. The second kappa shape index (κ2) is 19.5. The maximum atomic E-state index is 12.9. The van der Waals surface area contributed by atoms with Gasteiger partial charge in [-0.2, -0.15) is 8.42 Å². The van der Waals surface area contributed by atoms with Crippen molar-refractivity contribution in [3.8, 4) is 0 Å². The molecule has 0 heterocycles. The Balaban J connectivity index is 4.62. The van der Waals surface area contributed by atoms with E-state index < -0.39 is 33.0 Å². The summed E-state index contributed by atoms with van der Waals surface area (Å²) >= 11 is 0. The van der Waals surface area contributed by atoms with E-state index >= 15 is 0 Å². The Morgan fingerprint density at radius 3 is 1.44 bits per heavy atom. The zero-order valence-electron chi connectivity index (χ0n) is 20.8. The fraction of sp³-hybridized carbons (Fsp3) is 0.920. The van der Waals surface area contributed by atoms with Crippen LogP contribution >= 0.6 is 0 Å². The van der Waals surface area contributed by atoms with Crippen molar-refractivity contribution in [2.24, 2.45) is 5.92 Å². The van der Waals surface area contributed by atoms with E-state index in [0.29, 0.717) is 12.8 Å². The van der Waals surface area contributed by atoms with Gasteiger partial charge in [0.25, 0.3) is 10.1 Å². The summed E-state index contributed by atoms with van der Waals surface area (Å²) < 4.78 is 38.3. The predicted molar refractivity (Wildman–Crippen MR) is 130 cm³/mol. The molecule has 0 bridgehead atoms. The van der Waals surface area contributed by atoms with Crippen molar-refractivity contribution in [3.63, 3.8) is 0 Å². The molecule has 7 heteroatoms. The number of carbonyl (C=O) groups excluding carboxylic acids is 2. The van der Waals surface area contributed by atoms with Crippen LogP contribution in [0.25, 0.3) is 0 Å². The number of hydrogen-bond acceptors (Lipinski definition) is 5. The average molecular weight is 477 g/mol. The maximum Gasteiger partial charge on any atom is 0.316 e. The minimum absolute atomic E-state index is 0.0531. The molecule has 0 aromatic carbocycles. The van der Waals surface area contributed by atoms with Gasteiger partial charge in [-0.15, -0.1) is 0 Å². The summed E-state index contributed by atoms with van der Waals surface area (Å²) in [7, 11) is -3.36. The Hall–Kier alpha value is -0.950. The lowest BCUT2D eigenvalue weighted by atomic mass is 9.92. The smallest absolute Gasteiger partial charge is 0.316 e. The van der Waals surface area contributed by atoms with Crippen LogP contribution in [0.5, 0.6) is 0 Å². The van der Waals surface area contributed by atoms with Crippen molar-refractivity contribution in [1.29, 1.82) is 0 Å². The Labute approximate surface area is 197 Å². The van der Waals surface area contributed by atoms with Crippen LogP contribution in [0.2, 0.25) is 0 Å². The van der Waals surface area contributed by atoms with Gasteiger partial charge in [0.05, 0.1) is 7.11 Å². The molecule has 0 aliphatic heterocycles. The number of unbranched alkanes of at least 4 members (excludes halogenated alkanes) is 14. The molecular formula is C25H48O6S. The first-order valence-corrected chi connectivity index (χ1v) is 14.4. The van der Waals surface area contributed by atoms with E-state index in [4.69, 9.17) is 4.74 Å². The van der Waals surface area contributed by atoms with Crippen LogP contribution in [-0.2, 0) is 24.4 Å². The molecule has 0 amide bonds. The lowest BCUT2D eigenvalue weighted by Gasteiger charge is -2.19. The fourth-order valence-electron chi connectivity index (χ4n) is 4.13. The molecule has 0 spiro atoms. The first-order chi connectivity index (χ1) is 15.3. The summed E-state index contributed by atoms with van der Waals surface area (Å²) in [6.45, 7) is 4.35. The fourth-order valence-corrected chi connectivity index (χ4v) is 5.05. The Kier molecular flexibility index (Phi) is 18.9. The van der Waals surface area contributed by atoms with Gasteiger partial charge in [0.1, 0.15) is 11.2 Å². The van der Waals surface area contributed by atoms with Crippen molar-refractivity contribution < 1.29 is 27.3 Å². The standard InChI is InChI=1S/C25H48O6S/c1-4-6-8-10-12-14-16-18-20-22(25(27)31-3)24(26)23(32(28,29)30)21-19-17-15-13-11-9-7-5-2/h22-23H,4-21H2,1-3H3,(H,28,29,30). The lowest BCUT2D eigenvalue weighted by molar-refractivity contribution is -0.149. The van der Waals surface area contributed by atoms with Crippen molar-refractivity contribution in [2.45, 2.75) is 135 Å². The van der Waals surface area contributed by atoms with Gasteiger partial charge < -0.3 is 4.74 Å². The van der Waals surface area contributed by atoms with Gasteiger partial charge in [-0.1, -0.05) is 117 Å². The van der Waals surface area contributed by atoms with Crippen molar-refractivity contribution in [3.05, 3.63) is 0 Å². The summed E-state index contributed by atoms with van der Waals surface area (Å²) in [5, 5.41) is -1.54. The van der Waals surface area contributed by atoms with Gasteiger partial charge in [0, 0.05) is 0 Å². The third kappa shape index (κ3) is 15.0. The van der Waals surface area contributed by atoms with E-state index in [2.05, 4.69) is 13.8 Å². The highest BCUT2D eigenvalue weighted by molar-refractivity contribution is 7.87.